The molecule has 5 nitrogen and oxygen atoms in total. The van der Waals surface area contributed by atoms with E-state index in [9.17, 15) is 9.59 Å². The smallest absolute Gasteiger partial charge is 0.328 e. The average molecular weight is 284 g/mol. The van der Waals surface area contributed by atoms with Crippen molar-refractivity contribution in [2.45, 2.75) is 52.5 Å². The molecule has 1 fully saturated rings. The van der Waals surface area contributed by atoms with Crippen LogP contribution in [-0.2, 0) is 14.3 Å². The molecule has 5 heteroatoms. The van der Waals surface area contributed by atoms with E-state index in [-0.39, 0.29) is 23.2 Å². The zero-order valence-corrected chi connectivity index (χ0v) is 13.1. The first-order chi connectivity index (χ1) is 9.46. The van der Waals surface area contributed by atoms with Crippen LogP contribution in [0.15, 0.2) is 0 Å². The standard InChI is InChI=1S/C15H28N2O3/c1-5-6-15(7-9-16-10-8-15)14(19)17-12(11(2)3)13(18)20-4/h11-12,16H,5-10H2,1-4H3,(H,17,19)/t12-/m0/s1. The van der Waals surface area contributed by atoms with Gasteiger partial charge < -0.3 is 15.4 Å². The minimum absolute atomic E-state index is 0.00458. The average Bonchev–Trinajstić information content (AvgIpc) is 2.44. The van der Waals surface area contributed by atoms with Crippen LogP contribution in [-0.4, -0.2) is 38.1 Å². The molecule has 0 aromatic carbocycles. The molecular formula is C15H28N2O3. The van der Waals surface area contributed by atoms with Gasteiger partial charge in [-0.15, -0.1) is 0 Å². The zero-order chi connectivity index (χ0) is 15.2. The van der Waals surface area contributed by atoms with Crippen molar-refractivity contribution in [3.63, 3.8) is 0 Å². The molecule has 0 aromatic heterocycles. The molecule has 0 bridgehead atoms. The first-order valence-electron chi connectivity index (χ1n) is 7.56. The topological polar surface area (TPSA) is 67.4 Å². The molecular weight excluding hydrogens is 256 g/mol. The third kappa shape index (κ3) is 3.95. The molecule has 1 aliphatic heterocycles. The van der Waals surface area contributed by atoms with Crippen molar-refractivity contribution in [2.75, 3.05) is 20.2 Å². The van der Waals surface area contributed by atoms with Crippen molar-refractivity contribution < 1.29 is 14.3 Å². The number of amides is 1. The maximum atomic E-state index is 12.7. The number of carbonyl (C=O) groups excluding carboxylic acids is 2. The number of hydrogen-bond donors (Lipinski definition) is 2. The van der Waals surface area contributed by atoms with Gasteiger partial charge in [0, 0.05) is 0 Å². The molecule has 1 saturated heterocycles. The Morgan fingerprint density at radius 2 is 1.90 bits per heavy atom. The number of nitrogens with one attached hydrogen (secondary N) is 2. The third-order valence-corrected chi connectivity index (χ3v) is 4.18. The van der Waals surface area contributed by atoms with Crippen molar-refractivity contribution in [1.29, 1.82) is 0 Å². The van der Waals surface area contributed by atoms with Gasteiger partial charge in [0.05, 0.1) is 12.5 Å². The number of carbonyl (C=O) groups is 2. The summed E-state index contributed by atoms with van der Waals surface area (Å²) in [5.74, 6) is -0.342. The van der Waals surface area contributed by atoms with E-state index in [0.717, 1.165) is 38.8 Å². The van der Waals surface area contributed by atoms with E-state index in [1.807, 2.05) is 13.8 Å². The number of rotatable bonds is 6. The van der Waals surface area contributed by atoms with Crippen LogP contribution in [0, 0.1) is 11.3 Å². The Labute approximate surface area is 121 Å². The molecule has 1 amide bonds. The van der Waals surface area contributed by atoms with Crippen LogP contribution in [0.4, 0.5) is 0 Å². The molecule has 0 spiro atoms. The predicted octanol–water partition coefficient (Wildman–Crippen LogP) is 1.47. The number of ether oxygens (including phenoxy) is 1. The molecule has 20 heavy (non-hydrogen) atoms. The van der Waals surface area contributed by atoms with E-state index in [1.165, 1.54) is 7.11 Å². The fourth-order valence-electron chi connectivity index (χ4n) is 2.89. The minimum atomic E-state index is -0.559. The van der Waals surface area contributed by atoms with Gasteiger partial charge in [-0.25, -0.2) is 4.79 Å². The quantitative estimate of drug-likeness (QED) is 0.725. The summed E-state index contributed by atoms with van der Waals surface area (Å²) in [6, 6.07) is -0.559. The van der Waals surface area contributed by atoms with Gasteiger partial charge in [0.1, 0.15) is 6.04 Å². The third-order valence-electron chi connectivity index (χ3n) is 4.18. The van der Waals surface area contributed by atoms with Gasteiger partial charge in [0.15, 0.2) is 0 Å². The Morgan fingerprint density at radius 1 is 1.30 bits per heavy atom. The maximum absolute atomic E-state index is 12.7. The molecule has 1 aliphatic rings. The lowest BCUT2D eigenvalue weighted by atomic mass is 9.74. The molecule has 0 aromatic rings. The number of piperidine rings is 1. The first-order valence-corrected chi connectivity index (χ1v) is 7.56. The van der Waals surface area contributed by atoms with Gasteiger partial charge >= 0.3 is 5.97 Å². The first kappa shape index (κ1) is 17.0. The van der Waals surface area contributed by atoms with Crippen molar-refractivity contribution in [2.24, 2.45) is 11.3 Å². The molecule has 0 radical (unpaired) electrons. The van der Waals surface area contributed by atoms with Crippen molar-refractivity contribution in [3.8, 4) is 0 Å². The number of methoxy groups -OCH3 is 1. The molecule has 1 rings (SSSR count). The Kier molecular flexibility index (Phi) is 6.46. The van der Waals surface area contributed by atoms with Crippen molar-refractivity contribution >= 4 is 11.9 Å². The fraction of sp³-hybridized carbons (Fsp3) is 0.867. The molecule has 2 N–H and O–H groups in total. The number of esters is 1. The van der Waals surface area contributed by atoms with Crippen LogP contribution in [0.5, 0.6) is 0 Å². The second-order valence-corrected chi connectivity index (χ2v) is 6.00. The van der Waals surface area contributed by atoms with Crippen LogP contribution in [0.2, 0.25) is 0 Å². The predicted molar refractivity (Wildman–Crippen MR) is 78.2 cm³/mol. The summed E-state index contributed by atoms with van der Waals surface area (Å²) in [5.41, 5.74) is -0.332. The van der Waals surface area contributed by atoms with E-state index >= 15 is 0 Å². The van der Waals surface area contributed by atoms with E-state index in [1.54, 1.807) is 0 Å². The summed E-state index contributed by atoms with van der Waals surface area (Å²) in [6.45, 7) is 7.64. The molecule has 0 aliphatic carbocycles. The monoisotopic (exact) mass is 284 g/mol. The summed E-state index contributed by atoms with van der Waals surface area (Å²) >= 11 is 0. The van der Waals surface area contributed by atoms with Gasteiger partial charge in [0.2, 0.25) is 5.91 Å². The van der Waals surface area contributed by atoms with Gasteiger partial charge in [-0.1, -0.05) is 27.2 Å². The molecule has 0 saturated carbocycles. The second-order valence-electron chi connectivity index (χ2n) is 6.00. The molecule has 1 atom stereocenters. The van der Waals surface area contributed by atoms with Gasteiger partial charge in [-0.05, 0) is 38.3 Å². The zero-order valence-electron chi connectivity index (χ0n) is 13.1. The molecule has 1 heterocycles. The lowest BCUT2D eigenvalue weighted by Gasteiger charge is -2.37. The number of hydrogen-bond acceptors (Lipinski definition) is 4. The van der Waals surface area contributed by atoms with E-state index < -0.39 is 6.04 Å². The molecule has 0 unspecified atom stereocenters. The highest BCUT2D eigenvalue weighted by atomic mass is 16.5. The lowest BCUT2D eigenvalue weighted by molar-refractivity contribution is -0.148. The van der Waals surface area contributed by atoms with Crippen molar-refractivity contribution in [1.82, 2.24) is 10.6 Å². The SMILES string of the molecule is CCCC1(C(=O)N[C@H](C(=O)OC)C(C)C)CCNCC1. The fourth-order valence-corrected chi connectivity index (χ4v) is 2.89. The summed E-state index contributed by atoms with van der Waals surface area (Å²) in [6.07, 6.45) is 3.50. The van der Waals surface area contributed by atoms with Crippen LogP contribution < -0.4 is 10.6 Å². The normalized spacial score (nSPS) is 19.4. The highest BCUT2D eigenvalue weighted by Crippen LogP contribution is 2.34. The Hall–Kier alpha value is -1.10. The summed E-state index contributed by atoms with van der Waals surface area (Å²) < 4.78 is 4.79. The van der Waals surface area contributed by atoms with Crippen LogP contribution in [0.25, 0.3) is 0 Å². The second kappa shape index (κ2) is 7.62. The van der Waals surface area contributed by atoms with E-state index in [0.29, 0.717) is 0 Å². The Morgan fingerprint density at radius 3 is 2.35 bits per heavy atom. The van der Waals surface area contributed by atoms with Crippen LogP contribution in [0.1, 0.15) is 46.5 Å². The largest absolute Gasteiger partial charge is 0.467 e. The highest BCUT2D eigenvalue weighted by molar-refractivity contribution is 5.88. The summed E-state index contributed by atoms with van der Waals surface area (Å²) in [5, 5.41) is 6.21. The van der Waals surface area contributed by atoms with E-state index in [2.05, 4.69) is 17.6 Å². The lowest BCUT2D eigenvalue weighted by Crippen LogP contribution is -2.53. The van der Waals surface area contributed by atoms with Crippen LogP contribution in [0.3, 0.4) is 0 Å². The van der Waals surface area contributed by atoms with Gasteiger partial charge in [-0.2, -0.15) is 0 Å². The minimum Gasteiger partial charge on any atom is -0.467 e. The van der Waals surface area contributed by atoms with Gasteiger partial charge in [0.25, 0.3) is 0 Å². The Bertz CT molecular complexity index is 331. The highest BCUT2D eigenvalue weighted by Gasteiger charge is 2.40. The Balaban J connectivity index is 2.81. The summed E-state index contributed by atoms with van der Waals surface area (Å²) in [7, 11) is 1.36. The summed E-state index contributed by atoms with van der Waals surface area (Å²) in [4.78, 5) is 24.5. The molecule has 116 valence electrons. The maximum Gasteiger partial charge on any atom is 0.328 e. The van der Waals surface area contributed by atoms with Crippen LogP contribution >= 0.6 is 0 Å². The van der Waals surface area contributed by atoms with E-state index in [4.69, 9.17) is 4.74 Å². The van der Waals surface area contributed by atoms with Gasteiger partial charge in [-0.3, -0.25) is 4.79 Å². The van der Waals surface area contributed by atoms with Crippen molar-refractivity contribution in [3.05, 3.63) is 0 Å².